The van der Waals surface area contributed by atoms with Crippen LogP contribution in [-0.4, -0.2) is 72.7 Å². The van der Waals surface area contributed by atoms with Gasteiger partial charge >= 0.3 is 0 Å². The van der Waals surface area contributed by atoms with Crippen LogP contribution in [-0.2, 0) is 0 Å². The first-order valence-electron chi connectivity index (χ1n) is 15.7. The summed E-state index contributed by atoms with van der Waals surface area (Å²) in [6.45, 7) is 4.15. The minimum Gasteiger partial charge on any atom is -0.317 e. The Bertz CT molecular complexity index is 1510. The van der Waals surface area contributed by atoms with Crippen molar-refractivity contribution in [1.82, 2.24) is 20.4 Å². The van der Waals surface area contributed by atoms with Crippen molar-refractivity contribution in [2.45, 2.75) is 38.5 Å². The van der Waals surface area contributed by atoms with E-state index in [9.17, 15) is 19.2 Å². The maximum atomic E-state index is 13.0. The van der Waals surface area contributed by atoms with Crippen molar-refractivity contribution in [3.05, 3.63) is 95.1 Å². The van der Waals surface area contributed by atoms with Crippen molar-refractivity contribution in [2.75, 3.05) is 39.3 Å². The zero-order valence-corrected chi connectivity index (χ0v) is 27.1. The Morgan fingerprint density at radius 2 is 0.733 bits per heavy atom. The van der Waals surface area contributed by atoms with Crippen LogP contribution in [0.15, 0.2) is 72.8 Å². The summed E-state index contributed by atoms with van der Waals surface area (Å²) in [5.41, 5.74) is 2.43. The Morgan fingerprint density at radius 3 is 1.07 bits per heavy atom. The number of carbonyl (C=O) groups is 4. The third-order valence-corrected chi connectivity index (χ3v) is 8.64. The minimum atomic E-state index is -0.204. The van der Waals surface area contributed by atoms with Gasteiger partial charge in [-0.25, -0.2) is 0 Å². The van der Waals surface area contributed by atoms with Gasteiger partial charge < -0.3 is 10.6 Å². The lowest BCUT2D eigenvalue weighted by atomic mass is 9.94. The molecular formula is C36H39BrN4O4. The Balaban J connectivity index is 0.00000400. The van der Waals surface area contributed by atoms with Crippen LogP contribution >= 0.6 is 17.0 Å². The number of imide groups is 2. The number of nitrogens with one attached hydrogen (secondary N) is 2. The predicted octanol–water partition coefficient (Wildman–Crippen LogP) is 5.98. The van der Waals surface area contributed by atoms with E-state index in [1.165, 1.54) is 9.80 Å². The van der Waals surface area contributed by atoms with E-state index in [1.54, 1.807) is 24.3 Å². The Morgan fingerprint density at radius 1 is 0.422 bits per heavy atom. The number of unbranched alkanes of at least 4 members (excludes halogenated alkanes) is 3. The van der Waals surface area contributed by atoms with Gasteiger partial charge in [-0.3, -0.25) is 29.0 Å². The molecule has 0 radical (unpaired) electrons. The number of amides is 4. The topological polar surface area (TPSA) is 98.8 Å². The number of carbonyl (C=O) groups excluding carboxylic acids is 4. The van der Waals surface area contributed by atoms with E-state index in [0.717, 1.165) is 86.2 Å². The molecule has 2 heterocycles. The van der Waals surface area contributed by atoms with E-state index in [1.807, 2.05) is 48.5 Å². The molecule has 45 heavy (non-hydrogen) atoms. The number of hydrogen-bond acceptors (Lipinski definition) is 6. The minimum absolute atomic E-state index is 0. The standard InChI is InChI=1S/C36H38N4O4.BrH/c41-33-27-15-5-11-25-12-6-16-28(31(25)27)34(42)39(33)23-9-21-37-19-3-1-2-4-20-38-22-10-24-40-35(43)29-17-7-13-26-14-8-18-30(32(26)29)36(40)44;/h5-8,11-18,37-38H,1-4,9-10,19-24H2;1H. The monoisotopic (exact) mass is 670 g/mol. The summed E-state index contributed by atoms with van der Waals surface area (Å²) < 4.78 is 0. The first-order chi connectivity index (χ1) is 21.6. The van der Waals surface area contributed by atoms with E-state index in [0.29, 0.717) is 35.3 Å². The number of hydrogen-bond donors (Lipinski definition) is 2. The molecule has 0 aromatic heterocycles. The average Bonchev–Trinajstić information content (AvgIpc) is 3.05. The molecule has 0 aliphatic carbocycles. The smallest absolute Gasteiger partial charge is 0.261 e. The van der Waals surface area contributed by atoms with Crippen LogP contribution in [0.5, 0.6) is 0 Å². The molecule has 0 atom stereocenters. The summed E-state index contributed by atoms with van der Waals surface area (Å²) in [4.78, 5) is 54.7. The van der Waals surface area contributed by atoms with E-state index in [2.05, 4.69) is 10.6 Å². The summed E-state index contributed by atoms with van der Waals surface area (Å²) in [7, 11) is 0. The lowest BCUT2D eigenvalue weighted by molar-refractivity contribution is 0.0593. The van der Waals surface area contributed by atoms with Crippen LogP contribution < -0.4 is 10.6 Å². The van der Waals surface area contributed by atoms with Gasteiger partial charge in [0.2, 0.25) is 0 Å². The first kappa shape index (κ1) is 32.5. The second-order valence-corrected chi connectivity index (χ2v) is 11.6. The SMILES string of the molecule is Br.O=C1c2cccc3cccc(c23)C(=O)N1CCCNCCCCCCNCCCN1C(=O)c2cccc3cccc(c23)C1=O. The van der Waals surface area contributed by atoms with Gasteiger partial charge in [-0.1, -0.05) is 61.4 Å². The van der Waals surface area contributed by atoms with Gasteiger partial charge in [-0.05, 0) is 86.9 Å². The van der Waals surface area contributed by atoms with Crippen molar-refractivity contribution >= 4 is 62.2 Å². The van der Waals surface area contributed by atoms with E-state index >= 15 is 0 Å². The van der Waals surface area contributed by atoms with Crippen LogP contribution in [0.2, 0.25) is 0 Å². The molecule has 2 N–H and O–H groups in total. The molecule has 4 amide bonds. The largest absolute Gasteiger partial charge is 0.317 e. The van der Waals surface area contributed by atoms with Crippen LogP contribution in [0.3, 0.4) is 0 Å². The fourth-order valence-corrected chi connectivity index (χ4v) is 6.39. The molecule has 2 aliphatic heterocycles. The van der Waals surface area contributed by atoms with Gasteiger partial charge in [0.05, 0.1) is 0 Å². The van der Waals surface area contributed by atoms with Gasteiger partial charge in [0, 0.05) is 46.1 Å². The number of rotatable bonds is 15. The molecule has 0 unspecified atom stereocenters. The van der Waals surface area contributed by atoms with E-state index in [4.69, 9.17) is 0 Å². The van der Waals surface area contributed by atoms with Crippen molar-refractivity contribution in [3.63, 3.8) is 0 Å². The third-order valence-electron chi connectivity index (χ3n) is 8.64. The highest BCUT2D eigenvalue weighted by atomic mass is 79.9. The maximum absolute atomic E-state index is 13.0. The highest BCUT2D eigenvalue weighted by Crippen LogP contribution is 2.31. The van der Waals surface area contributed by atoms with Gasteiger partial charge in [0.25, 0.3) is 23.6 Å². The van der Waals surface area contributed by atoms with Crippen molar-refractivity contribution in [3.8, 4) is 0 Å². The highest BCUT2D eigenvalue weighted by molar-refractivity contribution is 8.93. The molecule has 9 heteroatoms. The summed E-state index contributed by atoms with van der Waals surface area (Å²) >= 11 is 0. The number of halogens is 1. The average molecular weight is 672 g/mol. The van der Waals surface area contributed by atoms with Crippen molar-refractivity contribution < 1.29 is 19.2 Å². The molecule has 0 fully saturated rings. The molecule has 8 nitrogen and oxygen atoms in total. The Labute approximate surface area is 273 Å². The van der Waals surface area contributed by atoms with Gasteiger partial charge in [0.15, 0.2) is 0 Å². The third kappa shape index (κ3) is 6.71. The normalized spacial score (nSPS) is 14.0. The zero-order valence-electron chi connectivity index (χ0n) is 25.3. The molecule has 0 bridgehead atoms. The summed E-state index contributed by atoms with van der Waals surface area (Å²) in [6, 6.07) is 22.4. The second-order valence-electron chi connectivity index (χ2n) is 11.6. The van der Waals surface area contributed by atoms with Crippen LogP contribution in [0.4, 0.5) is 0 Å². The number of nitrogens with zero attached hydrogens (tertiary/aromatic N) is 2. The molecular weight excluding hydrogens is 632 g/mol. The van der Waals surface area contributed by atoms with Gasteiger partial charge in [-0.15, -0.1) is 17.0 Å². The molecule has 0 saturated carbocycles. The molecule has 6 rings (SSSR count). The van der Waals surface area contributed by atoms with Gasteiger partial charge in [0.1, 0.15) is 0 Å². The molecule has 234 valence electrons. The summed E-state index contributed by atoms with van der Waals surface area (Å²) in [5.74, 6) is -0.815. The second kappa shape index (κ2) is 14.9. The van der Waals surface area contributed by atoms with E-state index < -0.39 is 0 Å². The van der Waals surface area contributed by atoms with Crippen LogP contribution in [0.1, 0.15) is 80.0 Å². The zero-order chi connectivity index (χ0) is 30.5. The molecule has 0 spiro atoms. The van der Waals surface area contributed by atoms with Gasteiger partial charge in [-0.2, -0.15) is 0 Å². The molecule has 2 aliphatic rings. The van der Waals surface area contributed by atoms with Crippen LogP contribution in [0.25, 0.3) is 21.5 Å². The van der Waals surface area contributed by atoms with Crippen molar-refractivity contribution in [2.24, 2.45) is 0 Å². The Hall–Kier alpha value is -3.92. The van der Waals surface area contributed by atoms with Crippen molar-refractivity contribution in [1.29, 1.82) is 0 Å². The van der Waals surface area contributed by atoms with Crippen LogP contribution in [0, 0.1) is 0 Å². The summed E-state index contributed by atoms with van der Waals surface area (Å²) in [5, 5.41) is 10.3. The maximum Gasteiger partial charge on any atom is 0.261 e. The number of benzene rings is 4. The summed E-state index contributed by atoms with van der Waals surface area (Å²) in [6.07, 6.45) is 5.84. The molecule has 4 aromatic carbocycles. The lowest BCUT2D eigenvalue weighted by Gasteiger charge is -2.27. The lowest BCUT2D eigenvalue weighted by Crippen LogP contribution is -2.41. The molecule has 4 aromatic rings. The predicted molar refractivity (Wildman–Crippen MR) is 182 cm³/mol. The molecule has 0 saturated heterocycles. The van der Waals surface area contributed by atoms with E-state index in [-0.39, 0.29) is 40.6 Å². The quantitative estimate of drug-likeness (QED) is 0.119. The fraction of sp³-hybridized carbons (Fsp3) is 0.333. The fourth-order valence-electron chi connectivity index (χ4n) is 6.39. The highest BCUT2D eigenvalue weighted by Gasteiger charge is 2.33. The Kier molecular flexibility index (Phi) is 10.8. The first-order valence-corrected chi connectivity index (χ1v) is 15.7.